The second-order valence-corrected chi connectivity index (χ2v) is 4.05. The topological polar surface area (TPSA) is 24.9 Å². The number of pyridine rings is 1. The Balaban J connectivity index is 2.06. The van der Waals surface area contributed by atoms with E-state index in [0.29, 0.717) is 10.8 Å². The van der Waals surface area contributed by atoms with E-state index in [1.807, 2.05) is 0 Å². The highest BCUT2D eigenvalue weighted by Gasteiger charge is 2.12. The molecule has 0 spiro atoms. The molecule has 0 radical (unpaired) electrons. The van der Waals surface area contributed by atoms with E-state index in [1.165, 1.54) is 12.3 Å². The van der Waals surface area contributed by atoms with Crippen molar-refractivity contribution in [2.75, 3.05) is 5.32 Å². The summed E-state index contributed by atoms with van der Waals surface area (Å²) in [5.41, 5.74) is 0. The van der Waals surface area contributed by atoms with Gasteiger partial charge in [-0.25, -0.2) is 9.37 Å². The van der Waals surface area contributed by atoms with E-state index >= 15 is 0 Å². The third-order valence-electron chi connectivity index (χ3n) is 2.42. The molecule has 1 atom stereocenters. The van der Waals surface area contributed by atoms with Crippen LogP contribution in [0.2, 0.25) is 5.02 Å². The predicted molar refractivity (Wildman–Crippen MR) is 59.6 cm³/mol. The predicted octanol–water partition coefficient (Wildman–Crippen LogP) is 3.39. The molecule has 1 unspecified atom stereocenters. The molecule has 0 bridgehead atoms. The molecule has 4 heteroatoms. The summed E-state index contributed by atoms with van der Waals surface area (Å²) < 4.78 is 13.4. The Morgan fingerprint density at radius 1 is 1.47 bits per heavy atom. The number of nitrogens with one attached hydrogen (secondary N) is 1. The van der Waals surface area contributed by atoms with Crippen molar-refractivity contribution >= 4 is 17.4 Å². The molecule has 1 aromatic rings. The molecule has 1 aliphatic carbocycles. The smallest absolute Gasteiger partial charge is 0.166 e. The summed E-state index contributed by atoms with van der Waals surface area (Å²) in [6.45, 7) is 0. The summed E-state index contributed by atoms with van der Waals surface area (Å²) in [7, 11) is 0. The molecule has 2 rings (SSSR count). The van der Waals surface area contributed by atoms with Gasteiger partial charge in [0.05, 0.1) is 5.02 Å². The van der Waals surface area contributed by atoms with E-state index in [4.69, 9.17) is 11.6 Å². The number of rotatable bonds is 2. The minimum absolute atomic E-state index is 0.276. The molecule has 0 saturated carbocycles. The number of aromatic nitrogens is 1. The van der Waals surface area contributed by atoms with Crippen molar-refractivity contribution in [3.8, 4) is 0 Å². The molecule has 1 N–H and O–H groups in total. The van der Waals surface area contributed by atoms with Crippen molar-refractivity contribution in [1.82, 2.24) is 4.98 Å². The second kappa shape index (κ2) is 4.62. The lowest BCUT2D eigenvalue weighted by Crippen LogP contribution is -2.21. The van der Waals surface area contributed by atoms with Crippen LogP contribution in [0.1, 0.15) is 19.3 Å². The fourth-order valence-electron chi connectivity index (χ4n) is 1.64. The highest BCUT2D eigenvalue weighted by molar-refractivity contribution is 6.30. The summed E-state index contributed by atoms with van der Waals surface area (Å²) in [5.74, 6) is -0.100. The Kier molecular flexibility index (Phi) is 3.21. The average molecular weight is 227 g/mol. The SMILES string of the molecule is Fc1cc(Cl)cnc1NC1CC=CCC1. The molecule has 2 nitrogen and oxygen atoms in total. The fraction of sp³-hybridized carbons (Fsp3) is 0.364. The van der Waals surface area contributed by atoms with Crippen LogP contribution in [-0.4, -0.2) is 11.0 Å². The van der Waals surface area contributed by atoms with Crippen molar-refractivity contribution in [3.63, 3.8) is 0 Å². The van der Waals surface area contributed by atoms with Crippen LogP contribution >= 0.6 is 11.6 Å². The molecule has 1 aromatic heterocycles. The molecule has 0 fully saturated rings. The number of hydrogen-bond donors (Lipinski definition) is 1. The Morgan fingerprint density at radius 2 is 2.33 bits per heavy atom. The lowest BCUT2D eigenvalue weighted by Gasteiger charge is -2.20. The fourth-order valence-corrected chi connectivity index (χ4v) is 1.78. The third-order valence-corrected chi connectivity index (χ3v) is 2.62. The first-order chi connectivity index (χ1) is 7.25. The van der Waals surface area contributed by atoms with Crippen molar-refractivity contribution in [1.29, 1.82) is 0 Å². The Hall–Kier alpha value is -1.09. The van der Waals surface area contributed by atoms with Gasteiger partial charge in [0, 0.05) is 12.2 Å². The van der Waals surface area contributed by atoms with Gasteiger partial charge in [0.2, 0.25) is 0 Å². The van der Waals surface area contributed by atoms with E-state index in [-0.39, 0.29) is 6.04 Å². The Morgan fingerprint density at radius 3 is 3.00 bits per heavy atom. The zero-order valence-corrected chi connectivity index (χ0v) is 8.97. The maximum Gasteiger partial charge on any atom is 0.166 e. The zero-order valence-electron chi connectivity index (χ0n) is 8.21. The third kappa shape index (κ3) is 2.69. The largest absolute Gasteiger partial charge is 0.365 e. The highest BCUT2D eigenvalue weighted by atomic mass is 35.5. The number of anilines is 1. The first-order valence-corrected chi connectivity index (χ1v) is 5.36. The van der Waals surface area contributed by atoms with Gasteiger partial charge in [-0.1, -0.05) is 23.8 Å². The summed E-state index contributed by atoms with van der Waals surface area (Å²) in [5, 5.41) is 3.40. The molecule has 1 heterocycles. The summed E-state index contributed by atoms with van der Waals surface area (Å²) in [6.07, 6.45) is 8.67. The summed E-state index contributed by atoms with van der Waals surface area (Å²) >= 11 is 5.62. The number of nitrogens with zero attached hydrogens (tertiary/aromatic N) is 1. The van der Waals surface area contributed by atoms with Gasteiger partial charge in [0.25, 0.3) is 0 Å². The van der Waals surface area contributed by atoms with Crippen LogP contribution in [0.4, 0.5) is 10.2 Å². The molecule has 15 heavy (non-hydrogen) atoms. The summed E-state index contributed by atoms with van der Waals surface area (Å²) in [6, 6.07) is 1.55. The van der Waals surface area contributed by atoms with Crippen LogP contribution in [-0.2, 0) is 0 Å². The Bertz CT molecular complexity index is 379. The maximum atomic E-state index is 13.4. The van der Waals surface area contributed by atoms with Crippen molar-refractivity contribution < 1.29 is 4.39 Å². The van der Waals surface area contributed by atoms with E-state index in [0.717, 1.165) is 19.3 Å². The molecular formula is C11H12ClFN2. The molecule has 80 valence electrons. The number of hydrogen-bond acceptors (Lipinski definition) is 2. The van der Waals surface area contributed by atoms with Crippen LogP contribution in [0.15, 0.2) is 24.4 Å². The molecule has 1 aliphatic rings. The van der Waals surface area contributed by atoms with Gasteiger partial charge >= 0.3 is 0 Å². The van der Waals surface area contributed by atoms with Crippen molar-refractivity contribution in [3.05, 3.63) is 35.3 Å². The normalized spacial score (nSPS) is 20.3. The van der Waals surface area contributed by atoms with Gasteiger partial charge in [-0.05, 0) is 25.3 Å². The number of allylic oxidation sites excluding steroid dienone is 1. The number of halogens is 2. The molecular weight excluding hydrogens is 215 g/mol. The van der Waals surface area contributed by atoms with Crippen LogP contribution < -0.4 is 5.32 Å². The minimum Gasteiger partial charge on any atom is -0.365 e. The quantitative estimate of drug-likeness (QED) is 0.782. The van der Waals surface area contributed by atoms with Gasteiger partial charge in [-0.15, -0.1) is 0 Å². The van der Waals surface area contributed by atoms with Gasteiger partial charge in [0.1, 0.15) is 0 Å². The van der Waals surface area contributed by atoms with Crippen LogP contribution in [0.3, 0.4) is 0 Å². The van der Waals surface area contributed by atoms with E-state index in [1.54, 1.807) is 0 Å². The van der Waals surface area contributed by atoms with Crippen LogP contribution in [0, 0.1) is 5.82 Å². The molecule has 0 amide bonds. The zero-order chi connectivity index (χ0) is 10.7. The van der Waals surface area contributed by atoms with Crippen LogP contribution in [0.25, 0.3) is 0 Å². The van der Waals surface area contributed by atoms with Gasteiger partial charge in [0.15, 0.2) is 11.6 Å². The van der Waals surface area contributed by atoms with Gasteiger partial charge in [-0.3, -0.25) is 0 Å². The van der Waals surface area contributed by atoms with E-state index < -0.39 is 5.82 Å². The molecule has 0 aliphatic heterocycles. The standard InChI is InChI=1S/C11H12ClFN2/c12-8-6-10(13)11(14-7-8)15-9-4-2-1-3-5-9/h1-2,6-7,9H,3-5H2,(H,14,15). The van der Waals surface area contributed by atoms with Crippen molar-refractivity contribution in [2.45, 2.75) is 25.3 Å². The Labute approximate surface area is 93.2 Å². The molecule has 0 aromatic carbocycles. The molecule has 0 saturated heterocycles. The minimum atomic E-state index is -0.392. The van der Waals surface area contributed by atoms with Crippen LogP contribution in [0.5, 0.6) is 0 Å². The van der Waals surface area contributed by atoms with Gasteiger partial charge in [-0.2, -0.15) is 0 Å². The van der Waals surface area contributed by atoms with E-state index in [2.05, 4.69) is 22.5 Å². The lowest BCUT2D eigenvalue weighted by atomic mass is 10.0. The monoisotopic (exact) mass is 226 g/mol. The van der Waals surface area contributed by atoms with E-state index in [9.17, 15) is 4.39 Å². The second-order valence-electron chi connectivity index (χ2n) is 3.61. The average Bonchev–Trinajstić information content (AvgIpc) is 2.24. The summed E-state index contributed by atoms with van der Waals surface area (Å²) in [4.78, 5) is 3.93. The van der Waals surface area contributed by atoms with Crippen molar-refractivity contribution in [2.24, 2.45) is 0 Å². The maximum absolute atomic E-state index is 13.4. The van der Waals surface area contributed by atoms with Gasteiger partial charge < -0.3 is 5.32 Å². The first-order valence-electron chi connectivity index (χ1n) is 4.98. The highest BCUT2D eigenvalue weighted by Crippen LogP contribution is 2.20. The lowest BCUT2D eigenvalue weighted by molar-refractivity contribution is 0.602. The first kappa shape index (κ1) is 10.4.